The van der Waals surface area contributed by atoms with Crippen LogP contribution in [-0.2, 0) is 25.5 Å². The number of rotatable bonds is 4. The molecular formula is C18H24N2O5. The number of para-hydroxylation sites is 1. The lowest BCUT2D eigenvalue weighted by Gasteiger charge is -2.34. The molecule has 1 N–H and O–H groups in total. The molecule has 1 aromatic carbocycles. The smallest absolute Gasteiger partial charge is 0.408 e. The Morgan fingerprint density at radius 3 is 2.60 bits per heavy atom. The van der Waals surface area contributed by atoms with Crippen LogP contribution in [0.15, 0.2) is 24.3 Å². The molecule has 7 heteroatoms. The maximum absolute atomic E-state index is 12.8. The zero-order chi connectivity index (χ0) is 18.6. The minimum Gasteiger partial charge on any atom is -0.465 e. The summed E-state index contributed by atoms with van der Waals surface area (Å²) < 4.78 is 10.2. The number of amides is 2. The van der Waals surface area contributed by atoms with Gasteiger partial charge in [-0.05, 0) is 39.3 Å². The highest BCUT2D eigenvalue weighted by Crippen LogP contribution is 2.27. The number of benzene rings is 1. The summed E-state index contributed by atoms with van der Waals surface area (Å²) >= 11 is 0. The molecule has 2 rings (SSSR count). The van der Waals surface area contributed by atoms with Crippen molar-refractivity contribution < 1.29 is 23.9 Å². The predicted molar refractivity (Wildman–Crippen MR) is 92.3 cm³/mol. The number of nitrogens with zero attached hydrogens (tertiary/aromatic N) is 1. The first-order valence-corrected chi connectivity index (χ1v) is 8.25. The second-order valence-electron chi connectivity index (χ2n) is 6.76. The molecule has 0 unspecified atom stereocenters. The van der Waals surface area contributed by atoms with Gasteiger partial charge in [-0.2, -0.15) is 0 Å². The molecule has 1 atom stereocenters. The number of esters is 1. The topological polar surface area (TPSA) is 84.9 Å². The molecule has 0 aliphatic carbocycles. The van der Waals surface area contributed by atoms with Crippen LogP contribution in [0.4, 0.5) is 10.5 Å². The van der Waals surface area contributed by atoms with Crippen LogP contribution in [0, 0.1) is 0 Å². The third-order valence-electron chi connectivity index (χ3n) is 3.55. The van der Waals surface area contributed by atoms with E-state index in [2.05, 4.69) is 5.32 Å². The lowest BCUT2D eigenvalue weighted by atomic mass is 9.97. The van der Waals surface area contributed by atoms with Gasteiger partial charge in [0.25, 0.3) is 5.91 Å². The molecule has 0 saturated carbocycles. The summed E-state index contributed by atoms with van der Waals surface area (Å²) in [5, 5.41) is 2.60. The molecule has 0 spiro atoms. The number of anilines is 1. The van der Waals surface area contributed by atoms with Crippen LogP contribution in [0.1, 0.15) is 33.3 Å². The van der Waals surface area contributed by atoms with Crippen LogP contribution < -0.4 is 10.2 Å². The molecule has 1 heterocycles. The van der Waals surface area contributed by atoms with E-state index in [1.165, 1.54) is 4.90 Å². The normalized spacial score (nSPS) is 16.9. The summed E-state index contributed by atoms with van der Waals surface area (Å²) in [5.74, 6) is -0.860. The number of fused-ring (bicyclic) bond motifs is 1. The largest absolute Gasteiger partial charge is 0.465 e. The van der Waals surface area contributed by atoms with Crippen molar-refractivity contribution in [3.8, 4) is 0 Å². The van der Waals surface area contributed by atoms with Gasteiger partial charge in [0.2, 0.25) is 0 Å². The van der Waals surface area contributed by atoms with Gasteiger partial charge in [0.05, 0.1) is 6.61 Å². The lowest BCUT2D eigenvalue weighted by molar-refractivity contribution is -0.142. The number of alkyl carbamates (subject to hydrolysis) is 1. The highest BCUT2D eigenvalue weighted by molar-refractivity contribution is 6.04. The molecule has 25 heavy (non-hydrogen) atoms. The van der Waals surface area contributed by atoms with Crippen molar-refractivity contribution in [1.82, 2.24) is 5.32 Å². The van der Waals surface area contributed by atoms with Crippen LogP contribution in [0.25, 0.3) is 0 Å². The first-order valence-electron chi connectivity index (χ1n) is 8.25. The second-order valence-corrected chi connectivity index (χ2v) is 6.76. The summed E-state index contributed by atoms with van der Waals surface area (Å²) in [6.45, 7) is 6.99. The van der Waals surface area contributed by atoms with Gasteiger partial charge in [-0.25, -0.2) is 4.79 Å². The lowest BCUT2D eigenvalue weighted by Crippen LogP contribution is -2.54. The fourth-order valence-electron chi connectivity index (χ4n) is 2.62. The average molecular weight is 348 g/mol. The number of hydrogen-bond donors (Lipinski definition) is 1. The first-order chi connectivity index (χ1) is 11.7. The molecule has 1 aromatic rings. The van der Waals surface area contributed by atoms with Gasteiger partial charge in [-0.3, -0.25) is 14.5 Å². The number of hydrogen-bond acceptors (Lipinski definition) is 5. The monoisotopic (exact) mass is 348 g/mol. The van der Waals surface area contributed by atoms with E-state index in [4.69, 9.17) is 9.47 Å². The average Bonchev–Trinajstić information content (AvgIpc) is 2.49. The van der Waals surface area contributed by atoms with Crippen LogP contribution >= 0.6 is 0 Å². The van der Waals surface area contributed by atoms with Crippen molar-refractivity contribution in [2.24, 2.45) is 0 Å². The van der Waals surface area contributed by atoms with Crippen molar-refractivity contribution in [3.63, 3.8) is 0 Å². The van der Waals surface area contributed by atoms with E-state index in [-0.39, 0.29) is 19.1 Å². The molecule has 0 fully saturated rings. The van der Waals surface area contributed by atoms with Crippen molar-refractivity contribution in [2.45, 2.75) is 45.8 Å². The molecule has 136 valence electrons. The summed E-state index contributed by atoms with van der Waals surface area (Å²) in [4.78, 5) is 38.0. The summed E-state index contributed by atoms with van der Waals surface area (Å²) in [6, 6.07) is 6.49. The van der Waals surface area contributed by atoms with E-state index in [1.807, 2.05) is 12.1 Å². The van der Waals surface area contributed by atoms with Crippen LogP contribution in [0.5, 0.6) is 0 Å². The summed E-state index contributed by atoms with van der Waals surface area (Å²) in [6.07, 6.45) is -0.325. The van der Waals surface area contributed by atoms with Crippen molar-refractivity contribution >= 4 is 23.7 Å². The minimum absolute atomic E-state index is 0.198. The zero-order valence-electron chi connectivity index (χ0n) is 15.0. The van der Waals surface area contributed by atoms with Crippen LogP contribution in [-0.4, -0.2) is 42.8 Å². The molecule has 2 amide bonds. The highest BCUT2D eigenvalue weighted by atomic mass is 16.6. The zero-order valence-corrected chi connectivity index (χ0v) is 15.0. The van der Waals surface area contributed by atoms with Crippen LogP contribution in [0.3, 0.4) is 0 Å². The maximum atomic E-state index is 12.8. The first kappa shape index (κ1) is 18.8. The minimum atomic E-state index is -0.792. The molecule has 1 aliphatic heterocycles. The van der Waals surface area contributed by atoms with Crippen molar-refractivity contribution in [3.05, 3.63) is 29.8 Å². The number of carbonyl (C=O) groups is 3. The Morgan fingerprint density at radius 1 is 1.28 bits per heavy atom. The molecule has 0 saturated heterocycles. The fourth-order valence-corrected chi connectivity index (χ4v) is 2.62. The molecule has 0 aromatic heterocycles. The van der Waals surface area contributed by atoms with Crippen molar-refractivity contribution in [2.75, 3.05) is 18.1 Å². The highest BCUT2D eigenvalue weighted by Gasteiger charge is 2.35. The van der Waals surface area contributed by atoms with Gasteiger partial charge < -0.3 is 14.8 Å². The molecule has 1 aliphatic rings. The molecule has 0 radical (unpaired) electrons. The van der Waals surface area contributed by atoms with E-state index in [0.717, 1.165) is 5.56 Å². The molecule has 7 nitrogen and oxygen atoms in total. The second kappa shape index (κ2) is 7.55. The van der Waals surface area contributed by atoms with Crippen molar-refractivity contribution in [1.29, 1.82) is 0 Å². The SMILES string of the molecule is CCOC(=O)CN1C(=O)[C@@H](NC(=O)OC(C)(C)C)Cc2ccccc21. The van der Waals surface area contributed by atoms with E-state index in [9.17, 15) is 14.4 Å². The Hall–Kier alpha value is -2.57. The summed E-state index contributed by atoms with van der Waals surface area (Å²) in [5.41, 5.74) is 0.861. The Labute approximate surface area is 147 Å². The van der Waals surface area contributed by atoms with Gasteiger partial charge in [-0.1, -0.05) is 18.2 Å². The van der Waals surface area contributed by atoms with Gasteiger partial charge in [-0.15, -0.1) is 0 Å². The van der Waals surface area contributed by atoms with Gasteiger partial charge >= 0.3 is 12.1 Å². The van der Waals surface area contributed by atoms with Gasteiger partial charge in [0.15, 0.2) is 0 Å². The van der Waals surface area contributed by atoms with E-state index in [0.29, 0.717) is 12.1 Å². The Morgan fingerprint density at radius 2 is 1.96 bits per heavy atom. The quantitative estimate of drug-likeness (QED) is 0.842. The van der Waals surface area contributed by atoms with E-state index >= 15 is 0 Å². The Kier molecular flexibility index (Phi) is 5.66. The maximum Gasteiger partial charge on any atom is 0.408 e. The number of ether oxygens (including phenoxy) is 2. The fraction of sp³-hybridized carbons (Fsp3) is 0.500. The third-order valence-corrected chi connectivity index (χ3v) is 3.55. The number of carbonyl (C=O) groups excluding carboxylic acids is 3. The predicted octanol–water partition coefficient (Wildman–Crippen LogP) is 2.03. The summed E-state index contributed by atoms with van der Waals surface area (Å²) in [7, 11) is 0. The third kappa shape index (κ3) is 4.95. The van der Waals surface area contributed by atoms with E-state index in [1.54, 1.807) is 39.8 Å². The van der Waals surface area contributed by atoms with E-state index < -0.39 is 23.7 Å². The number of nitrogens with one attached hydrogen (secondary N) is 1. The Balaban J connectivity index is 2.20. The standard InChI is InChI=1S/C18H24N2O5/c1-5-24-15(21)11-20-14-9-7-6-8-12(14)10-13(16(20)22)19-17(23)25-18(2,3)4/h6-9,13H,5,10-11H2,1-4H3,(H,19,23)/t13-/m0/s1. The molecule has 0 bridgehead atoms. The van der Waals surface area contributed by atoms with Gasteiger partial charge in [0, 0.05) is 12.1 Å². The molecular weight excluding hydrogens is 324 g/mol. The van der Waals surface area contributed by atoms with Gasteiger partial charge in [0.1, 0.15) is 18.2 Å². The Bertz CT molecular complexity index is 666. The van der Waals surface area contributed by atoms with Crippen LogP contribution in [0.2, 0.25) is 0 Å².